The van der Waals surface area contributed by atoms with Crippen molar-refractivity contribution in [2.24, 2.45) is 0 Å². The van der Waals surface area contributed by atoms with Crippen LogP contribution in [0.1, 0.15) is 21.7 Å². The van der Waals surface area contributed by atoms with Gasteiger partial charge in [0.2, 0.25) is 10.0 Å². The third-order valence-corrected chi connectivity index (χ3v) is 7.23. The van der Waals surface area contributed by atoms with Crippen LogP contribution < -0.4 is 5.32 Å². The van der Waals surface area contributed by atoms with E-state index in [1.807, 2.05) is 30.3 Å². The maximum Gasteiger partial charge on any atom is 0.291 e. The van der Waals surface area contributed by atoms with Gasteiger partial charge < -0.3 is 9.73 Å². The van der Waals surface area contributed by atoms with Crippen molar-refractivity contribution in [3.63, 3.8) is 0 Å². The molecule has 0 aliphatic carbocycles. The van der Waals surface area contributed by atoms with Crippen LogP contribution in [-0.4, -0.2) is 25.7 Å². The van der Waals surface area contributed by atoms with Crippen LogP contribution >= 0.6 is 11.6 Å². The average molecular weight is 469 g/mol. The van der Waals surface area contributed by atoms with Crippen LogP contribution in [0.5, 0.6) is 0 Å². The quantitative estimate of drug-likeness (QED) is 0.407. The van der Waals surface area contributed by atoms with Crippen LogP contribution in [0.4, 0.5) is 5.69 Å². The van der Waals surface area contributed by atoms with Crippen LogP contribution in [0.3, 0.4) is 0 Å². The third kappa shape index (κ3) is 4.41. The highest BCUT2D eigenvalue weighted by Gasteiger charge is 2.22. The minimum Gasteiger partial charge on any atom is -0.451 e. The number of rotatable bonds is 6. The predicted molar refractivity (Wildman–Crippen MR) is 125 cm³/mol. The van der Waals surface area contributed by atoms with Crippen LogP contribution in [0.25, 0.3) is 11.0 Å². The minimum absolute atomic E-state index is 0.142. The normalized spacial score (nSPS) is 11.8. The van der Waals surface area contributed by atoms with Gasteiger partial charge in [0.15, 0.2) is 5.76 Å². The maximum absolute atomic E-state index is 12.9. The van der Waals surface area contributed by atoms with E-state index in [4.69, 9.17) is 16.0 Å². The first-order chi connectivity index (χ1) is 15.3. The molecule has 1 aromatic heterocycles. The molecule has 0 saturated heterocycles. The molecule has 1 amide bonds. The maximum atomic E-state index is 12.9. The van der Waals surface area contributed by atoms with Gasteiger partial charge in [-0.25, -0.2) is 8.42 Å². The lowest BCUT2D eigenvalue weighted by atomic mass is 10.1. The summed E-state index contributed by atoms with van der Waals surface area (Å²) in [5.41, 5.74) is 2.60. The number of carbonyl (C=O) groups is 1. The minimum atomic E-state index is -3.67. The number of amides is 1. The van der Waals surface area contributed by atoms with Crippen molar-refractivity contribution >= 4 is 44.2 Å². The molecule has 3 aromatic carbocycles. The molecule has 0 aliphatic heterocycles. The van der Waals surface area contributed by atoms with E-state index in [0.29, 0.717) is 21.9 Å². The molecule has 8 heteroatoms. The largest absolute Gasteiger partial charge is 0.451 e. The van der Waals surface area contributed by atoms with Gasteiger partial charge in [0.25, 0.3) is 5.91 Å². The van der Waals surface area contributed by atoms with Gasteiger partial charge in [-0.15, -0.1) is 0 Å². The van der Waals surface area contributed by atoms with E-state index >= 15 is 0 Å². The molecule has 0 spiro atoms. The monoisotopic (exact) mass is 468 g/mol. The van der Waals surface area contributed by atoms with Gasteiger partial charge >= 0.3 is 0 Å². The highest BCUT2D eigenvalue weighted by atomic mass is 35.5. The molecule has 164 valence electrons. The molecule has 0 aliphatic rings. The molecule has 0 fully saturated rings. The van der Waals surface area contributed by atoms with Crippen molar-refractivity contribution in [2.75, 3.05) is 12.4 Å². The molecular weight excluding hydrogens is 448 g/mol. The van der Waals surface area contributed by atoms with Gasteiger partial charge in [0.1, 0.15) is 5.58 Å². The Bertz CT molecular complexity index is 1380. The lowest BCUT2D eigenvalue weighted by Gasteiger charge is -2.17. The van der Waals surface area contributed by atoms with Crippen molar-refractivity contribution in [2.45, 2.75) is 18.4 Å². The van der Waals surface area contributed by atoms with Gasteiger partial charge in [-0.3, -0.25) is 4.79 Å². The Morgan fingerprint density at radius 1 is 1.03 bits per heavy atom. The Labute approximate surface area is 191 Å². The number of halogens is 1. The topological polar surface area (TPSA) is 79.6 Å². The number of fused-ring (bicyclic) bond motifs is 1. The molecule has 4 rings (SSSR count). The van der Waals surface area contributed by atoms with Crippen molar-refractivity contribution in [3.8, 4) is 0 Å². The zero-order valence-electron chi connectivity index (χ0n) is 17.5. The summed E-state index contributed by atoms with van der Waals surface area (Å²) in [6.07, 6.45) is 0. The Balaban J connectivity index is 1.50. The fourth-order valence-electron chi connectivity index (χ4n) is 3.41. The highest BCUT2D eigenvalue weighted by Crippen LogP contribution is 2.28. The van der Waals surface area contributed by atoms with Gasteiger partial charge in [-0.2, -0.15) is 4.31 Å². The summed E-state index contributed by atoms with van der Waals surface area (Å²) in [5.74, 6) is -0.242. The lowest BCUT2D eigenvalue weighted by Crippen LogP contribution is -2.26. The molecule has 0 atom stereocenters. The van der Waals surface area contributed by atoms with Gasteiger partial charge in [0.05, 0.1) is 4.90 Å². The van der Waals surface area contributed by atoms with Crippen molar-refractivity contribution < 1.29 is 17.6 Å². The number of carbonyl (C=O) groups excluding carboxylic acids is 1. The standard InChI is InChI=1S/C24H21ClN2O4S/c1-16-21-14-18(25)8-13-22(21)31-23(16)24(28)26-19-9-11-20(12-10-19)32(29,30)27(2)15-17-6-4-3-5-7-17/h3-14H,15H2,1-2H3,(H,26,28). The van der Waals surface area contributed by atoms with E-state index in [-0.39, 0.29) is 17.2 Å². The smallest absolute Gasteiger partial charge is 0.291 e. The Morgan fingerprint density at radius 2 is 1.72 bits per heavy atom. The molecule has 0 saturated carbocycles. The average Bonchev–Trinajstić information content (AvgIpc) is 3.11. The van der Waals surface area contributed by atoms with Gasteiger partial charge in [-0.05, 0) is 55.0 Å². The Kier molecular flexibility index (Phi) is 6.06. The van der Waals surface area contributed by atoms with E-state index in [0.717, 1.165) is 10.9 Å². The summed E-state index contributed by atoms with van der Waals surface area (Å²) in [6, 6.07) is 20.6. The number of benzene rings is 3. The van der Waals surface area contributed by atoms with Gasteiger partial charge in [-0.1, -0.05) is 41.9 Å². The molecule has 6 nitrogen and oxygen atoms in total. The predicted octanol–water partition coefficient (Wildman–Crippen LogP) is 5.47. The Morgan fingerprint density at radius 3 is 2.41 bits per heavy atom. The third-order valence-electron chi connectivity index (χ3n) is 5.17. The first-order valence-electron chi connectivity index (χ1n) is 9.86. The van der Waals surface area contributed by atoms with E-state index in [9.17, 15) is 13.2 Å². The summed E-state index contributed by atoms with van der Waals surface area (Å²) in [5, 5.41) is 4.08. The SMILES string of the molecule is Cc1c(C(=O)Nc2ccc(S(=O)(=O)N(C)Cc3ccccc3)cc2)oc2ccc(Cl)cc12. The summed E-state index contributed by atoms with van der Waals surface area (Å²) < 4.78 is 32.7. The first-order valence-corrected chi connectivity index (χ1v) is 11.7. The zero-order chi connectivity index (χ0) is 22.9. The summed E-state index contributed by atoms with van der Waals surface area (Å²) >= 11 is 6.03. The highest BCUT2D eigenvalue weighted by molar-refractivity contribution is 7.89. The number of anilines is 1. The van der Waals surface area contributed by atoms with Crippen molar-refractivity contribution in [1.29, 1.82) is 0 Å². The number of nitrogens with one attached hydrogen (secondary N) is 1. The molecule has 0 radical (unpaired) electrons. The van der Waals surface area contributed by atoms with Crippen LogP contribution in [0.15, 0.2) is 82.1 Å². The van der Waals surface area contributed by atoms with E-state index in [2.05, 4.69) is 5.32 Å². The number of furan rings is 1. The second-order valence-corrected chi connectivity index (χ2v) is 9.90. The molecule has 0 bridgehead atoms. The molecule has 1 heterocycles. The van der Waals surface area contributed by atoms with Gasteiger partial charge in [0, 0.05) is 35.3 Å². The van der Waals surface area contributed by atoms with E-state index in [1.54, 1.807) is 37.3 Å². The van der Waals surface area contributed by atoms with Crippen LogP contribution in [0, 0.1) is 6.92 Å². The van der Waals surface area contributed by atoms with E-state index < -0.39 is 15.9 Å². The summed E-state index contributed by atoms with van der Waals surface area (Å²) in [6.45, 7) is 2.05. The number of nitrogens with zero attached hydrogens (tertiary/aromatic N) is 1. The summed E-state index contributed by atoms with van der Waals surface area (Å²) in [4.78, 5) is 12.9. The number of aryl methyl sites for hydroxylation is 1. The molecule has 4 aromatic rings. The molecular formula is C24H21ClN2O4S. The number of hydrogen-bond donors (Lipinski definition) is 1. The summed E-state index contributed by atoms with van der Waals surface area (Å²) in [7, 11) is -2.14. The fourth-order valence-corrected chi connectivity index (χ4v) is 4.74. The fraction of sp³-hybridized carbons (Fsp3) is 0.125. The first kappa shape index (κ1) is 22.1. The van der Waals surface area contributed by atoms with E-state index in [1.165, 1.54) is 23.5 Å². The van der Waals surface area contributed by atoms with Crippen LogP contribution in [0.2, 0.25) is 5.02 Å². The number of sulfonamides is 1. The second-order valence-electron chi connectivity index (χ2n) is 7.42. The number of hydrogen-bond acceptors (Lipinski definition) is 4. The zero-order valence-corrected chi connectivity index (χ0v) is 19.1. The van der Waals surface area contributed by atoms with Crippen LogP contribution in [-0.2, 0) is 16.6 Å². The molecule has 0 unspecified atom stereocenters. The molecule has 32 heavy (non-hydrogen) atoms. The van der Waals surface area contributed by atoms with Crippen molar-refractivity contribution in [3.05, 3.63) is 94.7 Å². The second kappa shape index (κ2) is 8.78. The van der Waals surface area contributed by atoms with Crippen molar-refractivity contribution in [1.82, 2.24) is 4.31 Å². The lowest BCUT2D eigenvalue weighted by molar-refractivity contribution is 0.0998. The molecule has 1 N–H and O–H groups in total. The Hall–Kier alpha value is -3.13.